The number of hydrogen-bond donors (Lipinski definition) is 2. The molecule has 0 saturated heterocycles. The standard InChI is InChI=1S/C12H18N2O.ClH/c1-8(2)10-6-4-5-7-11(10)14-12(15)9(3)13;/h4-9H,13H2,1-3H3,(H,14,15);1H. The highest BCUT2D eigenvalue weighted by Crippen LogP contribution is 2.23. The highest BCUT2D eigenvalue weighted by molar-refractivity contribution is 5.95. The molecule has 0 aliphatic carbocycles. The molecule has 0 aliphatic heterocycles. The van der Waals surface area contributed by atoms with E-state index in [4.69, 9.17) is 5.73 Å². The van der Waals surface area contributed by atoms with Gasteiger partial charge in [0, 0.05) is 5.69 Å². The molecule has 0 fully saturated rings. The van der Waals surface area contributed by atoms with E-state index >= 15 is 0 Å². The van der Waals surface area contributed by atoms with E-state index in [1.165, 1.54) is 0 Å². The van der Waals surface area contributed by atoms with E-state index in [9.17, 15) is 4.79 Å². The quantitative estimate of drug-likeness (QED) is 0.856. The zero-order chi connectivity index (χ0) is 11.4. The molecule has 4 heteroatoms. The fourth-order valence-electron chi connectivity index (χ4n) is 1.36. The van der Waals surface area contributed by atoms with E-state index in [0.29, 0.717) is 5.92 Å². The lowest BCUT2D eigenvalue weighted by molar-refractivity contribution is -0.117. The molecular weight excluding hydrogens is 224 g/mol. The minimum absolute atomic E-state index is 0. The predicted molar refractivity (Wildman–Crippen MR) is 70.1 cm³/mol. The van der Waals surface area contributed by atoms with Crippen molar-refractivity contribution < 1.29 is 4.79 Å². The molecule has 0 radical (unpaired) electrons. The highest BCUT2D eigenvalue weighted by atomic mass is 35.5. The molecule has 1 amide bonds. The van der Waals surface area contributed by atoms with Crippen LogP contribution in [0.3, 0.4) is 0 Å². The smallest absolute Gasteiger partial charge is 0.241 e. The van der Waals surface area contributed by atoms with Crippen molar-refractivity contribution in [2.75, 3.05) is 5.32 Å². The number of benzene rings is 1. The Morgan fingerprint density at radius 2 is 1.81 bits per heavy atom. The van der Waals surface area contributed by atoms with Crippen LogP contribution in [0.25, 0.3) is 0 Å². The summed E-state index contributed by atoms with van der Waals surface area (Å²) in [6.45, 7) is 5.86. The summed E-state index contributed by atoms with van der Waals surface area (Å²) in [7, 11) is 0. The number of anilines is 1. The first kappa shape index (κ1) is 14.9. The van der Waals surface area contributed by atoms with Crippen molar-refractivity contribution in [3.8, 4) is 0 Å². The molecular formula is C12H19ClN2O. The second kappa shape index (κ2) is 6.51. The molecule has 0 aromatic heterocycles. The number of para-hydroxylation sites is 1. The van der Waals surface area contributed by atoms with Crippen molar-refractivity contribution in [1.82, 2.24) is 0 Å². The van der Waals surface area contributed by atoms with Crippen molar-refractivity contribution in [1.29, 1.82) is 0 Å². The van der Waals surface area contributed by atoms with Gasteiger partial charge >= 0.3 is 0 Å². The molecule has 3 N–H and O–H groups in total. The molecule has 3 nitrogen and oxygen atoms in total. The van der Waals surface area contributed by atoms with Gasteiger partial charge in [-0.3, -0.25) is 4.79 Å². The van der Waals surface area contributed by atoms with E-state index in [1.54, 1.807) is 6.92 Å². The van der Waals surface area contributed by atoms with Crippen LogP contribution in [0.5, 0.6) is 0 Å². The van der Waals surface area contributed by atoms with E-state index in [-0.39, 0.29) is 18.3 Å². The van der Waals surface area contributed by atoms with Crippen LogP contribution in [0.1, 0.15) is 32.3 Å². The van der Waals surface area contributed by atoms with Crippen molar-refractivity contribution in [2.45, 2.75) is 32.7 Å². The lowest BCUT2D eigenvalue weighted by Gasteiger charge is -2.14. The summed E-state index contributed by atoms with van der Waals surface area (Å²) < 4.78 is 0. The number of hydrogen-bond acceptors (Lipinski definition) is 2. The third kappa shape index (κ3) is 3.83. The molecule has 90 valence electrons. The van der Waals surface area contributed by atoms with Crippen LogP contribution in [0.15, 0.2) is 24.3 Å². The van der Waals surface area contributed by atoms with Gasteiger partial charge in [-0.25, -0.2) is 0 Å². The number of halogens is 1. The van der Waals surface area contributed by atoms with Gasteiger partial charge in [0.1, 0.15) is 0 Å². The fourth-order valence-corrected chi connectivity index (χ4v) is 1.36. The summed E-state index contributed by atoms with van der Waals surface area (Å²) >= 11 is 0. The van der Waals surface area contributed by atoms with Crippen LogP contribution in [-0.4, -0.2) is 11.9 Å². The van der Waals surface area contributed by atoms with Gasteiger partial charge in [-0.2, -0.15) is 0 Å². The lowest BCUT2D eigenvalue weighted by Crippen LogP contribution is -2.32. The Bertz CT molecular complexity index is 351. The summed E-state index contributed by atoms with van der Waals surface area (Å²) in [6, 6.07) is 7.31. The Morgan fingerprint density at radius 1 is 1.25 bits per heavy atom. The van der Waals surface area contributed by atoms with Crippen LogP contribution >= 0.6 is 12.4 Å². The van der Waals surface area contributed by atoms with Crippen molar-refractivity contribution in [3.05, 3.63) is 29.8 Å². The van der Waals surface area contributed by atoms with Crippen molar-refractivity contribution >= 4 is 24.0 Å². The van der Waals surface area contributed by atoms with Gasteiger partial charge in [0.25, 0.3) is 0 Å². The van der Waals surface area contributed by atoms with E-state index in [0.717, 1.165) is 11.3 Å². The molecule has 0 spiro atoms. The second-order valence-electron chi connectivity index (χ2n) is 4.02. The number of rotatable bonds is 3. The SMILES string of the molecule is CC(N)C(=O)Nc1ccccc1C(C)C.Cl. The summed E-state index contributed by atoms with van der Waals surface area (Å²) in [5.41, 5.74) is 7.49. The third-order valence-electron chi connectivity index (χ3n) is 2.25. The Labute approximate surface area is 103 Å². The zero-order valence-corrected chi connectivity index (χ0v) is 10.7. The third-order valence-corrected chi connectivity index (χ3v) is 2.25. The molecule has 16 heavy (non-hydrogen) atoms. The normalized spacial score (nSPS) is 11.8. The maximum absolute atomic E-state index is 11.5. The first-order chi connectivity index (χ1) is 7.02. The van der Waals surface area contributed by atoms with Gasteiger partial charge in [-0.1, -0.05) is 32.0 Å². The second-order valence-corrected chi connectivity index (χ2v) is 4.02. The maximum atomic E-state index is 11.5. The number of amides is 1. The topological polar surface area (TPSA) is 55.1 Å². The average molecular weight is 243 g/mol. The number of nitrogens with two attached hydrogens (primary N) is 1. The first-order valence-electron chi connectivity index (χ1n) is 5.17. The highest BCUT2D eigenvalue weighted by Gasteiger charge is 2.11. The van der Waals surface area contributed by atoms with Crippen LogP contribution < -0.4 is 11.1 Å². The van der Waals surface area contributed by atoms with Crippen LogP contribution in [-0.2, 0) is 4.79 Å². The Morgan fingerprint density at radius 3 is 2.31 bits per heavy atom. The van der Waals surface area contributed by atoms with Crippen molar-refractivity contribution in [3.63, 3.8) is 0 Å². The number of nitrogens with one attached hydrogen (secondary N) is 1. The van der Waals surface area contributed by atoms with Crippen LogP contribution in [0.2, 0.25) is 0 Å². The maximum Gasteiger partial charge on any atom is 0.241 e. The van der Waals surface area contributed by atoms with Gasteiger partial charge in [0.2, 0.25) is 5.91 Å². The minimum Gasteiger partial charge on any atom is -0.324 e. The van der Waals surface area contributed by atoms with E-state index < -0.39 is 6.04 Å². The average Bonchev–Trinajstić information content (AvgIpc) is 2.18. The largest absolute Gasteiger partial charge is 0.324 e. The van der Waals surface area contributed by atoms with Crippen LogP contribution in [0, 0.1) is 0 Å². The van der Waals surface area contributed by atoms with Gasteiger partial charge in [-0.05, 0) is 24.5 Å². The van der Waals surface area contributed by atoms with Crippen molar-refractivity contribution in [2.24, 2.45) is 5.73 Å². The lowest BCUT2D eigenvalue weighted by atomic mass is 10.0. The molecule has 1 aromatic rings. The summed E-state index contributed by atoms with van der Waals surface area (Å²) in [4.78, 5) is 11.5. The Hall–Kier alpha value is -1.06. The minimum atomic E-state index is -0.481. The molecule has 1 unspecified atom stereocenters. The predicted octanol–water partition coefficient (Wildman–Crippen LogP) is 2.52. The number of carbonyl (C=O) groups is 1. The van der Waals surface area contributed by atoms with E-state index in [2.05, 4.69) is 19.2 Å². The Balaban J connectivity index is 0.00000225. The Kier molecular flexibility index (Phi) is 6.08. The first-order valence-corrected chi connectivity index (χ1v) is 5.17. The molecule has 0 heterocycles. The summed E-state index contributed by atoms with van der Waals surface area (Å²) in [5.74, 6) is 0.234. The summed E-state index contributed by atoms with van der Waals surface area (Å²) in [6.07, 6.45) is 0. The molecule has 1 rings (SSSR count). The zero-order valence-electron chi connectivity index (χ0n) is 9.86. The van der Waals surface area contributed by atoms with Gasteiger partial charge in [0.05, 0.1) is 6.04 Å². The van der Waals surface area contributed by atoms with Gasteiger partial charge < -0.3 is 11.1 Å². The molecule has 0 aliphatic rings. The molecule has 0 saturated carbocycles. The molecule has 0 bridgehead atoms. The van der Waals surface area contributed by atoms with Gasteiger partial charge in [-0.15, -0.1) is 12.4 Å². The van der Waals surface area contributed by atoms with Gasteiger partial charge in [0.15, 0.2) is 0 Å². The molecule has 1 aromatic carbocycles. The monoisotopic (exact) mass is 242 g/mol. The summed E-state index contributed by atoms with van der Waals surface area (Å²) in [5, 5.41) is 2.83. The fraction of sp³-hybridized carbons (Fsp3) is 0.417. The number of carbonyl (C=O) groups excluding carboxylic acids is 1. The van der Waals surface area contributed by atoms with E-state index in [1.807, 2.05) is 24.3 Å². The van der Waals surface area contributed by atoms with Crippen LogP contribution in [0.4, 0.5) is 5.69 Å². The molecule has 1 atom stereocenters.